The van der Waals surface area contributed by atoms with E-state index in [1.807, 2.05) is 19.2 Å². The smallest absolute Gasteiger partial charge is 0.225 e. The lowest BCUT2D eigenvalue weighted by atomic mass is 9.95. The second kappa shape index (κ2) is 3.19. The molecule has 0 aromatic carbocycles. The topological polar surface area (TPSA) is 29.0 Å². The molecule has 1 aromatic rings. The lowest BCUT2D eigenvalue weighted by Gasteiger charge is -2.32. The Balaban J connectivity index is 1.81. The van der Waals surface area contributed by atoms with Gasteiger partial charge in [0.15, 0.2) is 0 Å². The van der Waals surface area contributed by atoms with Gasteiger partial charge in [0.1, 0.15) is 0 Å². The van der Waals surface area contributed by atoms with Crippen molar-refractivity contribution in [3.05, 3.63) is 18.0 Å². The predicted molar refractivity (Wildman–Crippen MR) is 59.9 cm³/mol. The molecular formula is C12H17N3. The number of anilines is 1. The van der Waals surface area contributed by atoms with Crippen LogP contribution in [0.3, 0.4) is 0 Å². The quantitative estimate of drug-likeness (QED) is 0.700. The zero-order valence-electron chi connectivity index (χ0n) is 9.24. The number of hydrogen-bond acceptors (Lipinski definition) is 3. The molecule has 0 atom stereocenters. The van der Waals surface area contributed by atoms with E-state index in [1.54, 1.807) is 0 Å². The molecule has 1 aromatic heterocycles. The summed E-state index contributed by atoms with van der Waals surface area (Å²) in [6.07, 6.45) is 7.41. The van der Waals surface area contributed by atoms with Crippen LogP contribution in [0.1, 0.15) is 31.4 Å². The van der Waals surface area contributed by atoms with Gasteiger partial charge in [0.25, 0.3) is 0 Å². The number of aryl methyl sites for hydroxylation is 1. The number of hydrogen-bond donors (Lipinski definition) is 0. The van der Waals surface area contributed by atoms with Gasteiger partial charge in [-0.1, -0.05) is 0 Å². The zero-order valence-corrected chi connectivity index (χ0v) is 9.24. The summed E-state index contributed by atoms with van der Waals surface area (Å²) >= 11 is 0. The first-order chi connectivity index (χ1) is 7.27. The molecule has 3 rings (SSSR count). The Morgan fingerprint density at radius 1 is 1.33 bits per heavy atom. The minimum Gasteiger partial charge on any atom is -0.340 e. The SMILES string of the molecule is Cc1ccnc(N2CCCC3(CC3)C2)n1. The van der Waals surface area contributed by atoms with Gasteiger partial charge in [0.2, 0.25) is 5.95 Å². The molecule has 1 spiro atoms. The third kappa shape index (κ3) is 1.71. The molecule has 0 radical (unpaired) electrons. The second-order valence-electron chi connectivity index (χ2n) is 5.02. The molecule has 0 unspecified atom stereocenters. The second-order valence-corrected chi connectivity index (χ2v) is 5.02. The molecule has 1 saturated heterocycles. The van der Waals surface area contributed by atoms with Crippen molar-refractivity contribution in [2.24, 2.45) is 5.41 Å². The fraction of sp³-hybridized carbons (Fsp3) is 0.667. The Morgan fingerprint density at radius 2 is 2.20 bits per heavy atom. The van der Waals surface area contributed by atoms with Crippen molar-refractivity contribution < 1.29 is 0 Å². The van der Waals surface area contributed by atoms with Gasteiger partial charge in [-0.15, -0.1) is 0 Å². The normalized spacial score (nSPS) is 23.1. The van der Waals surface area contributed by atoms with Crippen molar-refractivity contribution in [3.63, 3.8) is 0 Å². The van der Waals surface area contributed by atoms with Crippen molar-refractivity contribution in [2.75, 3.05) is 18.0 Å². The van der Waals surface area contributed by atoms with E-state index in [0.29, 0.717) is 5.41 Å². The summed E-state index contributed by atoms with van der Waals surface area (Å²) in [6.45, 7) is 4.34. The number of piperidine rings is 1. The first kappa shape index (κ1) is 9.13. The summed E-state index contributed by atoms with van der Waals surface area (Å²) in [5.74, 6) is 0.931. The fourth-order valence-electron chi connectivity index (χ4n) is 2.55. The molecule has 3 nitrogen and oxygen atoms in total. The first-order valence-electron chi connectivity index (χ1n) is 5.82. The highest BCUT2D eigenvalue weighted by molar-refractivity contribution is 5.32. The van der Waals surface area contributed by atoms with E-state index in [4.69, 9.17) is 0 Å². The molecule has 2 aliphatic rings. The summed E-state index contributed by atoms with van der Waals surface area (Å²) in [7, 11) is 0. The van der Waals surface area contributed by atoms with Gasteiger partial charge in [-0.05, 0) is 44.1 Å². The minimum absolute atomic E-state index is 0.644. The van der Waals surface area contributed by atoms with Crippen molar-refractivity contribution >= 4 is 5.95 Å². The average Bonchev–Trinajstić information content (AvgIpc) is 2.98. The lowest BCUT2D eigenvalue weighted by Crippen LogP contribution is -2.37. The number of aromatic nitrogens is 2. The Bertz CT molecular complexity index is 371. The van der Waals surface area contributed by atoms with Crippen LogP contribution in [0.4, 0.5) is 5.95 Å². The van der Waals surface area contributed by atoms with Crippen molar-refractivity contribution in [1.82, 2.24) is 9.97 Å². The van der Waals surface area contributed by atoms with Crippen molar-refractivity contribution in [1.29, 1.82) is 0 Å². The molecule has 80 valence electrons. The summed E-state index contributed by atoms with van der Waals surface area (Å²) in [6, 6.07) is 1.96. The van der Waals surface area contributed by atoms with E-state index in [-0.39, 0.29) is 0 Å². The van der Waals surface area contributed by atoms with E-state index in [0.717, 1.165) is 18.2 Å². The van der Waals surface area contributed by atoms with E-state index in [2.05, 4.69) is 14.9 Å². The van der Waals surface area contributed by atoms with Crippen LogP contribution in [0.2, 0.25) is 0 Å². The first-order valence-corrected chi connectivity index (χ1v) is 5.82. The zero-order chi connectivity index (χ0) is 10.3. The molecule has 0 N–H and O–H groups in total. The van der Waals surface area contributed by atoms with Crippen LogP contribution in [-0.2, 0) is 0 Å². The highest BCUT2D eigenvalue weighted by Crippen LogP contribution is 2.52. The Kier molecular flexibility index (Phi) is 1.94. The molecule has 0 bridgehead atoms. The van der Waals surface area contributed by atoms with Crippen molar-refractivity contribution in [3.8, 4) is 0 Å². The Hall–Kier alpha value is -1.12. The standard InChI is InChI=1S/C12H17N3/c1-10-3-7-13-11(14-10)15-8-2-4-12(9-15)5-6-12/h3,7H,2,4-6,8-9H2,1H3. The maximum absolute atomic E-state index is 4.51. The van der Waals surface area contributed by atoms with Gasteiger partial charge in [-0.3, -0.25) is 0 Å². The van der Waals surface area contributed by atoms with Crippen LogP contribution >= 0.6 is 0 Å². The minimum atomic E-state index is 0.644. The molecule has 15 heavy (non-hydrogen) atoms. The maximum atomic E-state index is 4.51. The number of nitrogens with zero attached hydrogens (tertiary/aromatic N) is 3. The van der Waals surface area contributed by atoms with Gasteiger partial charge >= 0.3 is 0 Å². The third-order valence-electron chi connectivity index (χ3n) is 3.68. The summed E-state index contributed by atoms with van der Waals surface area (Å²) in [5.41, 5.74) is 1.71. The summed E-state index contributed by atoms with van der Waals surface area (Å²) in [4.78, 5) is 11.2. The fourth-order valence-corrected chi connectivity index (χ4v) is 2.55. The Morgan fingerprint density at radius 3 is 2.93 bits per heavy atom. The largest absolute Gasteiger partial charge is 0.340 e. The van der Waals surface area contributed by atoms with E-state index >= 15 is 0 Å². The summed E-state index contributed by atoms with van der Waals surface area (Å²) < 4.78 is 0. The van der Waals surface area contributed by atoms with Crippen LogP contribution in [0.25, 0.3) is 0 Å². The molecule has 1 saturated carbocycles. The molecule has 0 amide bonds. The van der Waals surface area contributed by atoms with Gasteiger partial charge < -0.3 is 4.90 Å². The van der Waals surface area contributed by atoms with Gasteiger partial charge in [-0.2, -0.15) is 0 Å². The molecule has 2 fully saturated rings. The molecule has 2 heterocycles. The number of rotatable bonds is 1. The highest BCUT2D eigenvalue weighted by Gasteiger charge is 2.45. The monoisotopic (exact) mass is 203 g/mol. The maximum Gasteiger partial charge on any atom is 0.225 e. The summed E-state index contributed by atoms with van der Waals surface area (Å²) in [5, 5.41) is 0. The van der Waals surface area contributed by atoms with E-state index in [9.17, 15) is 0 Å². The van der Waals surface area contributed by atoms with Crippen LogP contribution in [-0.4, -0.2) is 23.1 Å². The van der Waals surface area contributed by atoms with Gasteiger partial charge in [-0.25, -0.2) is 9.97 Å². The van der Waals surface area contributed by atoms with Crippen LogP contribution < -0.4 is 4.90 Å². The molecule has 1 aliphatic carbocycles. The van der Waals surface area contributed by atoms with Crippen LogP contribution in [0, 0.1) is 12.3 Å². The van der Waals surface area contributed by atoms with Crippen LogP contribution in [0.5, 0.6) is 0 Å². The molecular weight excluding hydrogens is 186 g/mol. The van der Waals surface area contributed by atoms with Crippen molar-refractivity contribution in [2.45, 2.75) is 32.6 Å². The molecule has 1 aliphatic heterocycles. The van der Waals surface area contributed by atoms with Crippen LogP contribution in [0.15, 0.2) is 12.3 Å². The third-order valence-corrected chi connectivity index (χ3v) is 3.68. The Labute approximate surface area is 90.5 Å². The van der Waals surface area contributed by atoms with Gasteiger partial charge in [0.05, 0.1) is 0 Å². The highest BCUT2D eigenvalue weighted by atomic mass is 15.3. The average molecular weight is 203 g/mol. The van der Waals surface area contributed by atoms with Gasteiger partial charge in [0, 0.05) is 25.0 Å². The molecule has 3 heteroatoms. The van der Waals surface area contributed by atoms with E-state index < -0.39 is 0 Å². The lowest BCUT2D eigenvalue weighted by molar-refractivity contribution is 0.391. The van der Waals surface area contributed by atoms with E-state index in [1.165, 1.54) is 32.2 Å². The predicted octanol–water partition coefficient (Wildman–Crippen LogP) is 2.17.